The van der Waals surface area contributed by atoms with E-state index in [4.69, 9.17) is 18.6 Å². The molecule has 0 bridgehead atoms. The van der Waals surface area contributed by atoms with E-state index < -0.39 is 11.6 Å². The van der Waals surface area contributed by atoms with Crippen LogP contribution in [0.4, 0.5) is 0 Å². The molecule has 1 aliphatic heterocycles. The average Bonchev–Trinajstić information content (AvgIpc) is 3.12. The Morgan fingerprint density at radius 3 is 2.88 bits per heavy atom. The SMILES string of the molecule is CCOC(=O)COc1nc(-c2ccco2)c2c(c1C#N)CC(C)(C)OC2. The summed E-state index contributed by atoms with van der Waals surface area (Å²) in [5.41, 5.74) is 2.07. The molecule has 0 saturated carbocycles. The number of fused-ring (bicyclic) bond motifs is 1. The van der Waals surface area contributed by atoms with Crippen LogP contribution in [0.25, 0.3) is 11.5 Å². The summed E-state index contributed by atoms with van der Waals surface area (Å²) >= 11 is 0. The lowest BCUT2D eigenvalue weighted by molar-refractivity contribution is -0.145. The summed E-state index contributed by atoms with van der Waals surface area (Å²) in [7, 11) is 0. The van der Waals surface area contributed by atoms with Gasteiger partial charge in [-0.1, -0.05) is 0 Å². The molecule has 0 atom stereocenters. The van der Waals surface area contributed by atoms with Crippen LogP contribution in [0, 0.1) is 11.3 Å². The summed E-state index contributed by atoms with van der Waals surface area (Å²) in [5, 5.41) is 9.68. The van der Waals surface area contributed by atoms with Gasteiger partial charge < -0.3 is 18.6 Å². The summed E-state index contributed by atoms with van der Waals surface area (Å²) in [6, 6.07) is 5.70. The van der Waals surface area contributed by atoms with Gasteiger partial charge in [-0.05, 0) is 38.5 Å². The number of ether oxygens (including phenoxy) is 3. The molecule has 26 heavy (non-hydrogen) atoms. The minimum absolute atomic E-state index is 0.100. The van der Waals surface area contributed by atoms with E-state index in [1.165, 1.54) is 0 Å². The fourth-order valence-corrected chi connectivity index (χ4v) is 2.91. The average molecular weight is 356 g/mol. The highest BCUT2D eigenvalue weighted by atomic mass is 16.6. The highest BCUT2D eigenvalue weighted by Gasteiger charge is 2.33. The van der Waals surface area contributed by atoms with E-state index in [2.05, 4.69) is 11.1 Å². The molecule has 0 amide bonds. The van der Waals surface area contributed by atoms with Crippen LogP contribution in [0.15, 0.2) is 22.8 Å². The molecule has 0 aromatic carbocycles. The Hall–Kier alpha value is -2.85. The lowest BCUT2D eigenvalue weighted by Gasteiger charge is -2.33. The van der Waals surface area contributed by atoms with Crippen LogP contribution < -0.4 is 4.74 Å². The molecule has 7 heteroatoms. The normalized spacial score (nSPS) is 15.0. The van der Waals surface area contributed by atoms with Crippen molar-refractivity contribution in [3.8, 4) is 23.4 Å². The predicted octanol–water partition coefficient (Wildman–Crippen LogP) is 3.01. The van der Waals surface area contributed by atoms with Crippen LogP contribution in [0.2, 0.25) is 0 Å². The van der Waals surface area contributed by atoms with E-state index in [1.54, 1.807) is 25.3 Å². The van der Waals surface area contributed by atoms with Gasteiger partial charge in [0.05, 0.1) is 25.1 Å². The van der Waals surface area contributed by atoms with Crippen LogP contribution >= 0.6 is 0 Å². The number of aromatic nitrogens is 1. The number of furan rings is 1. The molecular formula is C19H20N2O5. The van der Waals surface area contributed by atoms with Gasteiger partial charge in [0.15, 0.2) is 12.4 Å². The molecule has 0 saturated heterocycles. The van der Waals surface area contributed by atoms with Crippen molar-refractivity contribution in [2.75, 3.05) is 13.2 Å². The van der Waals surface area contributed by atoms with Crippen molar-refractivity contribution in [2.45, 2.75) is 39.4 Å². The second-order valence-electron chi connectivity index (χ2n) is 6.51. The third-order valence-electron chi connectivity index (χ3n) is 4.09. The molecule has 2 aromatic heterocycles. The first-order valence-corrected chi connectivity index (χ1v) is 8.37. The Balaban J connectivity index is 2.08. The predicted molar refractivity (Wildman–Crippen MR) is 91.4 cm³/mol. The summed E-state index contributed by atoms with van der Waals surface area (Å²) in [4.78, 5) is 16.1. The second-order valence-corrected chi connectivity index (χ2v) is 6.51. The van der Waals surface area contributed by atoms with Crippen molar-refractivity contribution < 1.29 is 23.4 Å². The number of nitriles is 1. The molecule has 0 aliphatic carbocycles. The van der Waals surface area contributed by atoms with E-state index in [1.807, 2.05) is 13.8 Å². The zero-order valence-electron chi connectivity index (χ0n) is 15.0. The largest absolute Gasteiger partial charge is 0.465 e. The van der Waals surface area contributed by atoms with Gasteiger partial charge in [-0.25, -0.2) is 9.78 Å². The van der Waals surface area contributed by atoms with Gasteiger partial charge in [0, 0.05) is 12.0 Å². The van der Waals surface area contributed by atoms with E-state index >= 15 is 0 Å². The minimum atomic E-state index is -0.515. The summed E-state index contributed by atoms with van der Waals surface area (Å²) < 4.78 is 21.8. The summed E-state index contributed by atoms with van der Waals surface area (Å²) in [6.45, 7) is 5.90. The fourth-order valence-electron chi connectivity index (χ4n) is 2.91. The molecule has 0 unspecified atom stereocenters. The van der Waals surface area contributed by atoms with Gasteiger partial charge in [-0.3, -0.25) is 0 Å². The molecular weight excluding hydrogens is 336 g/mol. The lowest BCUT2D eigenvalue weighted by atomic mass is 9.88. The maximum atomic E-state index is 11.6. The molecule has 136 valence electrons. The summed E-state index contributed by atoms with van der Waals surface area (Å²) in [6.07, 6.45) is 2.07. The van der Waals surface area contributed by atoms with Crippen molar-refractivity contribution in [2.24, 2.45) is 0 Å². The lowest BCUT2D eigenvalue weighted by Crippen LogP contribution is -2.33. The fraction of sp³-hybridized carbons (Fsp3) is 0.421. The quantitative estimate of drug-likeness (QED) is 0.760. The molecule has 0 fully saturated rings. The first-order chi connectivity index (χ1) is 12.4. The van der Waals surface area contributed by atoms with Gasteiger partial charge in [0.25, 0.3) is 0 Å². The maximum absolute atomic E-state index is 11.6. The Kier molecular flexibility index (Phi) is 4.96. The van der Waals surface area contributed by atoms with Crippen molar-refractivity contribution in [1.82, 2.24) is 4.98 Å². The van der Waals surface area contributed by atoms with E-state index in [-0.39, 0.29) is 19.1 Å². The number of hydrogen-bond acceptors (Lipinski definition) is 7. The molecule has 3 rings (SSSR count). The number of carbonyl (C=O) groups excluding carboxylic acids is 1. The second kappa shape index (κ2) is 7.18. The van der Waals surface area contributed by atoms with Crippen LogP contribution in [0.3, 0.4) is 0 Å². The molecule has 7 nitrogen and oxygen atoms in total. The standard InChI is InChI=1S/C19H20N2O5/c1-4-23-16(22)11-25-18-13(9-20)12-8-19(2,3)26-10-14(12)17(21-18)15-6-5-7-24-15/h5-7H,4,8,10-11H2,1-3H3. The molecule has 0 spiro atoms. The Bertz CT molecular complexity index is 850. The van der Waals surface area contributed by atoms with Crippen molar-refractivity contribution in [3.05, 3.63) is 35.1 Å². The number of carbonyl (C=O) groups is 1. The Morgan fingerprint density at radius 1 is 1.42 bits per heavy atom. The Labute approximate surface area is 151 Å². The van der Waals surface area contributed by atoms with Gasteiger partial charge in [-0.2, -0.15) is 5.26 Å². The van der Waals surface area contributed by atoms with Crippen LogP contribution in [-0.2, 0) is 27.3 Å². The van der Waals surface area contributed by atoms with Crippen molar-refractivity contribution in [1.29, 1.82) is 5.26 Å². The zero-order valence-corrected chi connectivity index (χ0v) is 15.0. The smallest absolute Gasteiger partial charge is 0.344 e. The van der Waals surface area contributed by atoms with E-state index in [0.29, 0.717) is 30.0 Å². The Morgan fingerprint density at radius 2 is 2.23 bits per heavy atom. The molecule has 0 radical (unpaired) electrons. The monoisotopic (exact) mass is 356 g/mol. The highest BCUT2D eigenvalue weighted by molar-refractivity contribution is 5.71. The number of rotatable bonds is 5. The number of pyridine rings is 1. The van der Waals surface area contributed by atoms with Gasteiger partial charge in [0.2, 0.25) is 5.88 Å². The first kappa shape index (κ1) is 18.0. The minimum Gasteiger partial charge on any atom is -0.465 e. The van der Waals surface area contributed by atoms with Crippen molar-refractivity contribution in [3.63, 3.8) is 0 Å². The number of nitrogens with zero attached hydrogens (tertiary/aromatic N) is 2. The van der Waals surface area contributed by atoms with Crippen LogP contribution in [0.1, 0.15) is 37.5 Å². The highest BCUT2D eigenvalue weighted by Crippen LogP contribution is 2.38. The van der Waals surface area contributed by atoms with E-state index in [0.717, 1.165) is 11.1 Å². The number of hydrogen-bond donors (Lipinski definition) is 0. The van der Waals surface area contributed by atoms with Gasteiger partial charge in [-0.15, -0.1) is 0 Å². The molecule has 2 aromatic rings. The molecule has 0 N–H and O–H groups in total. The van der Waals surface area contributed by atoms with Gasteiger partial charge >= 0.3 is 5.97 Å². The maximum Gasteiger partial charge on any atom is 0.344 e. The zero-order chi connectivity index (χ0) is 18.7. The third kappa shape index (κ3) is 3.55. The molecule has 3 heterocycles. The van der Waals surface area contributed by atoms with E-state index in [9.17, 15) is 10.1 Å². The molecule has 1 aliphatic rings. The van der Waals surface area contributed by atoms with Crippen LogP contribution in [0.5, 0.6) is 5.88 Å². The first-order valence-electron chi connectivity index (χ1n) is 8.37. The summed E-state index contributed by atoms with van der Waals surface area (Å²) in [5.74, 6) is 0.137. The van der Waals surface area contributed by atoms with Gasteiger partial charge in [0.1, 0.15) is 17.3 Å². The third-order valence-corrected chi connectivity index (χ3v) is 4.09. The topological polar surface area (TPSA) is 94.6 Å². The van der Waals surface area contributed by atoms with Crippen LogP contribution in [-0.4, -0.2) is 29.8 Å². The number of esters is 1. The van der Waals surface area contributed by atoms with Crippen molar-refractivity contribution >= 4 is 5.97 Å².